The topological polar surface area (TPSA) is 97.8 Å². The number of rotatable bonds is 10. The van der Waals surface area contributed by atoms with Crippen LogP contribution in [0.1, 0.15) is 38.7 Å². The maximum absolute atomic E-state index is 12.6. The lowest BCUT2D eigenvalue weighted by molar-refractivity contribution is -0.151. The van der Waals surface area contributed by atoms with E-state index < -0.39 is 11.9 Å². The molecule has 156 valence electrons. The van der Waals surface area contributed by atoms with Crippen LogP contribution in [0.15, 0.2) is 48.5 Å². The van der Waals surface area contributed by atoms with Gasteiger partial charge in [-0.15, -0.1) is 10.2 Å². The molecular formula is C23H26N4O3. The molecule has 0 radical (unpaired) electrons. The van der Waals surface area contributed by atoms with Gasteiger partial charge in [-0.1, -0.05) is 61.9 Å². The lowest BCUT2D eigenvalue weighted by Crippen LogP contribution is -2.28. The van der Waals surface area contributed by atoms with Crippen LogP contribution in [0.4, 0.5) is 0 Å². The Hall–Kier alpha value is -3.35. The Morgan fingerprint density at radius 3 is 2.40 bits per heavy atom. The van der Waals surface area contributed by atoms with Crippen molar-refractivity contribution in [2.75, 3.05) is 6.61 Å². The number of Topliss-reactive ketones (excluding diaryl/α,β-unsaturated/α-hetero) is 1. The van der Waals surface area contributed by atoms with Crippen molar-refractivity contribution < 1.29 is 14.3 Å². The molecule has 0 saturated carbocycles. The first-order valence-corrected chi connectivity index (χ1v) is 10.3. The maximum Gasteiger partial charge on any atom is 0.316 e. The lowest BCUT2D eigenvalue weighted by atomic mass is 9.91. The van der Waals surface area contributed by atoms with Gasteiger partial charge in [0.15, 0.2) is 0 Å². The molecule has 0 saturated heterocycles. The minimum atomic E-state index is -0.756. The summed E-state index contributed by atoms with van der Waals surface area (Å²) in [6.45, 7) is 4.04. The molecule has 0 spiro atoms. The lowest BCUT2D eigenvalue weighted by Gasteiger charge is -2.15. The summed E-state index contributed by atoms with van der Waals surface area (Å²) in [5, 5.41) is 14.3. The molecule has 0 amide bonds. The highest BCUT2D eigenvalue weighted by Crippen LogP contribution is 2.30. The largest absolute Gasteiger partial charge is 0.465 e. The van der Waals surface area contributed by atoms with E-state index >= 15 is 0 Å². The van der Waals surface area contributed by atoms with Gasteiger partial charge >= 0.3 is 5.97 Å². The number of esters is 1. The fourth-order valence-electron chi connectivity index (χ4n) is 3.36. The molecular weight excluding hydrogens is 380 g/mol. The Balaban J connectivity index is 1.81. The highest BCUT2D eigenvalue weighted by molar-refractivity contribution is 5.99. The number of aromatic nitrogens is 4. The molecule has 1 aromatic heterocycles. The van der Waals surface area contributed by atoms with Gasteiger partial charge in [0, 0.05) is 12.0 Å². The number of aromatic amines is 1. The van der Waals surface area contributed by atoms with E-state index in [2.05, 4.69) is 20.6 Å². The van der Waals surface area contributed by atoms with E-state index in [1.165, 1.54) is 0 Å². The quantitative estimate of drug-likeness (QED) is 0.403. The Bertz CT molecular complexity index is 968. The Morgan fingerprint density at radius 2 is 1.77 bits per heavy atom. The zero-order valence-electron chi connectivity index (χ0n) is 17.3. The molecule has 0 fully saturated rings. The van der Waals surface area contributed by atoms with Crippen molar-refractivity contribution in [3.8, 4) is 22.5 Å². The van der Waals surface area contributed by atoms with Crippen molar-refractivity contribution in [3.05, 3.63) is 54.1 Å². The number of ether oxygens (including phenoxy) is 1. The third-order valence-electron chi connectivity index (χ3n) is 4.95. The summed E-state index contributed by atoms with van der Waals surface area (Å²) in [4.78, 5) is 24.9. The number of nitrogens with one attached hydrogen (secondary N) is 1. The number of H-pyrrole nitrogens is 1. The number of tetrazole rings is 1. The molecule has 3 rings (SSSR count). The van der Waals surface area contributed by atoms with Gasteiger partial charge in [-0.25, -0.2) is 0 Å². The number of benzene rings is 2. The Kier molecular flexibility index (Phi) is 7.43. The van der Waals surface area contributed by atoms with E-state index in [1.54, 1.807) is 6.92 Å². The van der Waals surface area contributed by atoms with Gasteiger partial charge in [-0.2, -0.15) is 5.21 Å². The molecule has 1 N–H and O–H groups in total. The van der Waals surface area contributed by atoms with Crippen molar-refractivity contribution >= 4 is 11.8 Å². The van der Waals surface area contributed by atoms with E-state index in [-0.39, 0.29) is 12.4 Å². The minimum Gasteiger partial charge on any atom is -0.465 e. The molecule has 1 unspecified atom stereocenters. The average molecular weight is 406 g/mol. The highest BCUT2D eigenvalue weighted by Gasteiger charge is 2.27. The Labute approximate surface area is 175 Å². The number of nitrogens with zero attached hydrogens (tertiary/aromatic N) is 3. The molecule has 0 aliphatic carbocycles. The second kappa shape index (κ2) is 10.4. The summed E-state index contributed by atoms with van der Waals surface area (Å²) < 4.78 is 5.14. The molecule has 7 nitrogen and oxygen atoms in total. The van der Waals surface area contributed by atoms with Crippen LogP contribution in [-0.2, 0) is 20.7 Å². The summed E-state index contributed by atoms with van der Waals surface area (Å²) in [7, 11) is 0. The van der Waals surface area contributed by atoms with Crippen LogP contribution < -0.4 is 0 Å². The fraction of sp³-hybridized carbons (Fsp3) is 0.348. The number of hydrogen-bond acceptors (Lipinski definition) is 6. The van der Waals surface area contributed by atoms with E-state index in [9.17, 15) is 9.59 Å². The molecule has 0 bridgehead atoms. The maximum atomic E-state index is 12.6. The van der Waals surface area contributed by atoms with E-state index in [1.807, 2.05) is 55.5 Å². The zero-order chi connectivity index (χ0) is 21.3. The van der Waals surface area contributed by atoms with E-state index in [0.717, 1.165) is 35.1 Å². The summed E-state index contributed by atoms with van der Waals surface area (Å²) in [5.74, 6) is -0.723. The van der Waals surface area contributed by atoms with Crippen LogP contribution >= 0.6 is 0 Å². The van der Waals surface area contributed by atoms with Gasteiger partial charge in [0.1, 0.15) is 11.7 Å². The van der Waals surface area contributed by atoms with Crippen LogP contribution in [0.25, 0.3) is 22.5 Å². The third kappa shape index (κ3) is 5.17. The second-order valence-corrected chi connectivity index (χ2v) is 7.06. The van der Waals surface area contributed by atoms with Gasteiger partial charge in [-0.3, -0.25) is 9.59 Å². The van der Waals surface area contributed by atoms with Crippen molar-refractivity contribution in [1.82, 2.24) is 20.6 Å². The van der Waals surface area contributed by atoms with Crippen molar-refractivity contribution in [3.63, 3.8) is 0 Å². The average Bonchev–Trinajstić information content (AvgIpc) is 3.31. The molecule has 1 heterocycles. The highest BCUT2D eigenvalue weighted by atomic mass is 16.5. The summed E-state index contributed by atoms with van der Waals surface area (Å²) in [6, 6.07) is 15.7. The standard InChI is InChI=1S/C23H26N4O3/c1-3-5-10-21(28)20(23(29)30-4-2)15-16-11-13-17(14-12-16)18-8-6-7-9-19(18)22-24-26-27-25-22/h6-9,11-14,20H,3-5,10,15H2,1-2H3,(H,24,25,26,27). The van der Waals surface area contributed by atoms with Crippen LogP contribution in [0.5, 0.6) is 0 Å². The molecule has 0 aliphatic heterocycles. The van der Waals surface area contributed by atoms with Gasteiger partial charge < -0.3 is 4.74 Å². The van der Waals surface area contributed by atoms with Crippen LogP contribution in [0.2, 0.25) is 0 Å². The number of ketones is 1. The number of carbonyl (C=O) groups is 2. The third-order valence-corrected chi connectivity index (χ3v) is 4.95. The van der Waals surface area contributed by atoms with Crippen molar-refractivity contribution in [1.29, 1.82) is 0 Å². The monoisotopic (exact) mass is 406 g/mol. The van der Waals surface area contributed by atoms with Gasteiger partial charge in [-0.05, 0) is 41.7 Å². The van der Waals surface area contributed by atoms with Gasteiger partial charge in [0.05, 0.1) is 6.61 Å². The predicted octanol–water partition coefficient (Wildman–Crippen LogP) is 4.01. The summed E-state index contributed by atoms with van der Waals surface area (Å²) in [6.07, 6.45) is 2.43. The molecule has 30 heavy (non-hydrogen) atoms. The number of carbonyl (C=O) groups excluding carboxylic acids is 2. The molecule has 2 aromatic carbocycles. The van der Waals surface area contributed by atoms with Gasteiger partial charge in [0.2, 0.25) is 5.82 Å². The molecule has 1 atom stereocenters. The zero-order valence-corrected chi connectivity index (χ0v) is 17.3. The first-order chi connectivity index (χ1) is 14.6. The molecule has 3 aromatic rings. The fourth-order valence-corrected chi connectivity index (χ4v) is 3.36. The second-order valence-electron chi connectivity index (χ2n) is 7.06. The first-order valence-electron chi connectivity index (χ1n) is 10.3. The first kappa shape index (κ1) is 21.4. The van der Waals surface area contributed by atoms with Crippen LogP contribution in [-0.4, -0.2) is 39.0 Å². The van der Waals surface area contributed by atoms with E-state index in [4.69, 9.17) is 4.74 Å². The predicted molar refractivity (Wildman–Crippen MR) is 113 cm³/mol. The van der Waals surface area contributed by atoms with Gasteiger partial charge in [0.25, 0.3) is 0 Å². The van der Waals surface area contributed by atoms with Crippen molar-refractivity contribution in [2.45, 2.75) is 39.5 Å². The summed E-state index contributed by atoms with van der Waals surface area (Å²) in [5.41, 5.74) is 3.76. The van der Waals surface area contributed by atoms with E-state index in [0.29, 0.717) is 18.7 Å². The minimum absolute atomic E-state index is 0.0539. The normalized spacial score (nSPS) is 11.8. The van der Waals surface area contributed by atoms with Crippen LogP contribution in [0.3, 0.4) is 0 Å². The SMILES string of the molecule is CCCCC(=O)C(Cc1ccc(-c2ccccc2-c2nn[nH]n2)cc1)C(=O)OCC. The number of unbranched alkanes of at least 4 members (excludes halogenated alkanes) is 1. The Morgan fingerprint density at radius 1 is 1.03 bits per heavy atom. The smallest absolute Gasteiger partial charge is 0.316 e. The number of hydrogen-bond donors (Lipinski definition) is 1. The molecule has 0 aliphatic rings. The van der Waals surface area contributed by atoms with Crippen molar-refractivity contribution in [2.24, 2.45) is 5.92 Å². The van der Waals surface area contributed by atoms with Crippen LogP contribution in [0, 0.1) is 5.92 Å². The summed E-state index contributed by atoms with van der Waals surface area (Å²) >= 11 is 0. The molecule has 7 heteroatoms.